The zero-order valence-electron chi connectivity index (χ0n) is 15.9. The van der Waals surface area contributed by atoms with E-state index in [9.17, 15) is 14.7 Å². The van der Waals surface area contributed by atoms with Crippen LogP contribution in [-0.2, 0) is 38.7 Å². The fraction of sp³-hybridized carbons (Fsp3) is 0.167. The summed E-state index contributed by atoms with van der Waals surface area (Å²) in [4.78, 5) is 25.4. The first-order valence-corrected chi connectivity index (χ1v) is 9.26. The van der Waals surface area contributed by atoms with Gasteiger partial charge in [-0.15, -0.1) is 0 Å². The molecular weight excluding hydrogens is 368 g/mol. The molecular formula is C24H22O5. The predicted octanol–water partition coefficient (Wildman–Crippen LogP) is 3.45. The van der Waals surface area contributed by atoms with Crippen LogP contribution in [0.1, 0.15) is 16.7 Å². The topological polar surface area (TPSA) is 72.8 Å². The third-order valence-electron chi connectivity index (χ3n) is 4.40. The van der Waals surface area contributed by atoms with Crippen molar-refractivity contribution in [3.8, 4) is 0 Å². The lowest BCUT2D eigenvalue weighted by Crippen LogP contribution is -2.50. The number of carbonyl (C=O) groups excluding carboxylic acids is 2. The molecule has 3 rings (SSSR count). The van der Waals surface area contributed by atoms with Gasteiger partial charge in [0.1, 0.15) is 13.2 Å². The Hall–Kier alpha value is -3.44. The molecule has 0 amide bonds. The van der Waals surface area contributed by atoms with Crippen molar-refractivity contribution in [3.63, 3.8) is 0 Å². The van der Waals surface area contributed by atoms with Gasteiger partial charge in [-0.3, -0.25) is 0 Å². The highest BCUT2D eigenvalue weighted by Gasteiger charge is 2.47. The lowest BCUT2D eigenvalue weighted by molar-refractivity contribution is -0.185. The first-order valence-electron chi connectivity index (χ1n) is 9.26. The quantitative estimate of drug-likeness (QED) is 0.471. The van der Waals surface area contributed by atoms with Gasteiger partial charge in [0.15, 0.2) is 0 Å². The average Bonchev–Trinajstić information content (AvgIpc) is 2.77. The Kier molecular flexibility index (Phi) is 6.76. The normalized spacial score (nSPS) is 10.9. The second-order valence-electron chi connectivity index (χ2n) is 6.65. The van der Waals surface area contributed by atoms with Crippen molar-refractivity contribution in [1.29, 1.82) is 0 Å². The van der Waals surface area contributed by atoms with E-state index < -0.39 is 17.5 Å². The zero-order valence-corrected chi connectivity index (χ0v) is 15.9. The second kappa shape index (κ2) is 9.66. The van der Waals surface area contributed by atoms with Gasteiger partial charge in [-0.1, -0.05) is 91.0 Å². The van der Waals surface area contributed by atoms with Crippen molar-refractivity contribution in [3.05, 3.63) is 108 Å². The van der Waals surface area contributed by atoms with Crippen LogP contribution in [0.4, 0.5) is 0 Å². The summed E-state index contributed by atoms with van der Waals surface area (Å²) in [7, 11) is 0. The molecule has 0 saturated heterocycles. The number of benzene rings is 3. The van der Waals surface area contributed by atoms with E-state index in [1.807, 2.05) is 42.5 Å². The summed E-state index contributed by atoms with van der Waals surface area (Å²) in [6.45, 7) is -0.106. The first-order chi connectivity index (χ1) is 14.1. The van der Waals surface area contributed by atoms with E-state index in [0.29, 0.717) is 5.56 Å². The summed E-state index contributed by atoms with van der Waals surface area (Å²) in [6, 6.07) is 26.9. The number of esters is 2. The molecule has 5 heteroatoms. The third-order valence-corrected chi connectivity index (χ3v) is 4.40. The molecule has 3 aromatic carbocycles. The highest BCUT2D eigenvalue weighted by molar-refractivity contribution is 6.03. The van der Waals surface area contributed by atoms with Crippen molar-refractivity contribution in [1.82, 2.24) is 0 Å². The van der Waals surface area contributed by atoms with Gasteiger partial charge < -0.3 is 14.6 Å². The van der Waals surface area contributed by atoms with Crippen LogP contribution in [0.15, 0.2) is 91.0 Å². The molecule has 0 radical (unpaired) electrons. The molecule has 1 N–H and O–H groups in total. The Morgan fingerprint density at radius 2 is 0.966 bits per heavy atom. The van der Waals surface area contributed by atoms with Gasteiger partial charge in [0.25, 0.3) is 5.60 Å². The molecule has 0 aromatic heterocycles. The molecule has 0 unspecified atom stereocenters. The Morgan fingerprint density at radius 3 is 1.34 bits per heavy atom. The molecule has 0 aliphatic heterocycles. The van der Waals surface area contributed by atoms with E-state index in [0.717, 1.165) is 11.1 Å². The highest BCUT2D eigenvalue weighted by atomic mass is 16.6. The Morgan fingerprint density at radius 1 is 0.621 bits per heavy atom. The standard InChI is InChI=1S/C24H22O5/c25-22(28-17-20-12-6-2-7-13-20)24(27,16-19-10-4-1-5-11-19)23(26)29-18-21-14-8-3-9-15-21/h1-15,27H,16-18H2. The van der Waals surface area contributed by atoms with Crippen LogP contribution in [-0.4, -0.2) is 22.6 Å². The lowest BCUT2D eigenvalue weighted by atomic mass is 9.94. The summed E-state index contributed by atoms with van der Waals surface area (Å²) in [5.74, 6) is -2.08. The average molecular weight is 390 g/mol. The lowest BCUT2D eigenvalue weighted by Gasteiger charge is -2.24. The number of carbonyl (C=O) groups is 2. The van der Waals surface area contributed by atoms with Crippen LogP contribution in [0.3, 0.4) is 0 Å². The van der Waals surface area contributed by atoms with Crippen molar-refractivity contribution in [2.45, 2.75) is 25.2 Å². The maximum atomic E-state index is 12.7. The van der Waals surface area contributed by atoms with Crippen LogP contribution in [0, 0.1) is 0 Å². The SMILES string of the molecule is O=C(OCc1ccccc1)C(O)(Cc1ccccc1)C(=O)OCc1ccccc1. The summed E-state index contributed by atoms with van der Waals surface area (Å²) in [6.07, 6.45) is -0.241. The van der Waals surface area contributed by atoms with E-state index in [1.165, 1.54) is 0 Å². The van der Waals surface area contributed by atoms with E-state index in [4.69, 9.17) is 9.47 Å². The molecule has 0 atom stereocenters. The van der Waals surface area contributed by atoms with Crippen molar-refractivity contribution in [2.75, 3.05) is 0 Å². The number of ether oxygens (including phenoxy) is 2. The molecule has 0 bridgehead atoms. The molecule has 0 spiro atoms. The minimum absolute atomic E-state index is 0.0528. The monoisotopic (exact) mass is 390 g/mol. The van der Waals surface area contributed by atoms with Crippen molar-refractivity contribution < 1.29 is 24.2 Å². The van der Waals surface area contributed by atoms with Gasteiger partial charge in [-0.05, 0) is 16.7 Å². The molecule has 0 aliphatic carbocycles. The largest absolute Gasteiger partial charge is 0.458 e. The molecule has 0 saturated carbocycles. The number of hydrogen-bond acceptors (Lipinski definition) is 5. The number of rotatable bonds is 8. The predicted molar refractivity (Wildman–Crippen MR) is 108 cm³/mol. The first kappa shape index (κ1) is 20.3. The number of hydrogen-bond donors (Lipinski definition) is 1. The molecule has 0 heterocycles. The Bertz CT molecular complexity index is 868. The fourth-order valence-corrected chi connectivity index (χ4v) is 2.80. The van der Waals surface area contributed by atoms with Crippen molar-refractivity contribution in [2.24, 2.45) is 0 Å². The summed E-state index contributed by atoms with van der Waals surface area (Å²) in [5.41, 5.74) is -0.324. The molecule has 5 nitrogen and oxygen atoms in total. The van der Waals surface area contributed by atoms with Gasteiger partial charge in [-0.25, -0.2) is 9.59 Å². The minimum atomic E-state index is -2.44. The zero-order chi connectivity index (χ0) is 20.5. The van der Waals surface area contributed by atoms with Gasteiger partial charge in [0.2, 0.25) is 0 Å². The Balaban J connectivity index is 1.74. The highest BCUT2D eigenvalue weighted by Crippen LogP contribution is 2.20. The molecule has 0 fully saturated rings. The maximum Gasteiger partial charge on any atom is 0.350 e. The van der Waals surface area contributed by atoms with Crippen LogP contribution in [0.2, 0.25) is 0 Å². The Labute approximate surface area is 169 Å². The van der Waals surface area contributed by atoms with Crippen LogP contribution in [0.25, 0.3) is 0 Å². The van der Waals surface area contributed by atoms with Gasteiger partial charge in [0, 0.05) is 6.42 Å². The summed E-state index contributed by atoms with van der Waals surface area (Å²) >= 11 is 0. The summed E-state index contributed by atoms with van der Waals surface area (Å²) in [5, 5.41) is 11.0. The van der Waals surface area contributed by atoms with Crippen LogP contribution >= 0.6 is 0 Å². The molecule has 29 heavy (non-hydrogen) atoms. The van der Waals surface area contributed by atoms with Gasteiger partial charge in [0.05, 0.1) is 0 Å². The fourth-order valence-electron chi connectivity index (χ4n) is 2.80. The van der Waals surface area contributed by atoms with E-state index in [-0.39, 0.29) is 19.6 Å². The van der Waals surface area contributed by atoms with E-state index in [2.05, 4.69) is 0 Å². The minimum Gasteiger partial charge on any atom is -0.458 e. The van der Waals surface area contributed by atoms with Gasteiger partial charge >= 0.3 is 11.9 Å². The van der Waals surface area contributed by atoms with Crippen LogP contribution in [0.5, 0.6) is 0 Å². The molecule has 3 aromatic rings. The van der Waals surface area contributed by atoms with Gasteiger partial charge in [-0.2, -0.15) is 0 Å². The van der Waals surface area contributed by atoms with E-state index in [1.54, 1.807) is 48.5 Å². The van der Waals surface area contributed by atoms with Crippen molar-refractivity contribution >= 4 is 11.9 Å². The maximum absolute atomic E-state index is 12.7. The number of aliphatic hydroxyl groups is 1. The second-order valence-corrected chi connectivity index (χ2v) is 6.65. The smallest absolute Gasteiger partial charge is 0.350 e. The molecule has 0 aliphatic rings. The summed E-state index contributed by atoms with van der Waals surface area (Å²) < 4.78 is 10.5. The third kappa shape index (κ3) is 5.53. The van der Waals surface area contributed by atoms with E-state index >= 15 is 0 Å². The van der Waals surface area contributed by atoms with Crippen LogP contribution < -0.4 is 0 Å². The molecule has 148 valence electrons.